The molecule has 3 heteroatoms. The fourth-order valence-corrected chi connectivity index (χ4v) is 0.488. The molecule has 0 aliphatic heterocycles. The number of ether oxygens (including phenoxy) is 1. The van der Waals surface area contributed by atoms with E-state index in [1.807, 2.05) is 0 Å². The number of carbonyl (C=O) groups excluding carboxylic acids is 1. The number of hydrogen-bond donors (Lipinski definition) is 0. The summed E-state index contributed by atoms with van der Waals surface area (Å²) in [5.74, 6) is -0.449. The maximum atomic E-state index is 10.5. The Hall–Kier alpha value is -0.544. The van der Waals surface area contributed by atoms with Gasteiger partial charge < -0.3 is 0 Å². The van der Waals surface area contributed by atoms with Crippen molar-refractivity contribution < 1.29 is 24.8 Å². The molecular formula is C6H7CoO2-. The van der Waals surface area contributed by atoms with E-state index in [1.54, 1.807) is 0 Å². The zero-order valence-corrected chi connectivity index (χ0v) is 6.05. The van der Waals surface area contributed by atoms with E-state index in [0.29, 0.717) is 0 Å². The summed E-state index contributed by atoms with van der Waals surface area (Å²) in [4.78, 5) is 10.5. The third-order valence-electron chi connectivity index (χ3n) is 0.628. The first-order chi connectivity index (χ1) is 4.22. The normalized spacial score (nSPS) is 9.56. The summed E-state index contributed by atoms with van der Waals surface area (Å²) >= 11 is 3.85. The summed E-state index contributed by atoms with van der Waals surface area (Å²) in [6.07, 6.45) is 2.93. The fourth-order valence-electron chi connectivity index (χ4n) is 0.259. The van der Waals surface area contributed by atoms with Gasteiger partial charge in [0.15, 0.2) is 0 Å². The van der Waals surface area contributed by atoms with Gasteiger partial charge >= 0.3 is 61.4 Å². The third-order valence-corrected chi connectivity index (χ3v) is 1.01. The van der Waals surface area contributed by atoms with Crippen LogP contribution in [0.1, 0.15) is 0 Å². The van der Waals surface area contributed by atoms with Gasteiger partial charge in [-0.3, -0.25) is 0 Å². The SMILES string of the molecule is [CH2-]C=C[C](=[Co])C(=O)OC. The summed E-state index contributed by atoms with van der Waals surface area (Å²) in [5.41, 5.74) is 0. The Kier molecular flexibility index (Phi) is 4.08. The van der Waals surface area contributed by atoms with Crippen LogP contribution in [0.3, 0.4) is 0 Å². The molecule has 0 heterocycles. The van der Waals surface area contributed by atoms with E-state index in [2.05, 4.69) is 27.0 Å². The quantitative estimate of drug-likeness (QED) is 0.439. The first-order valence-electron chi connectivity index (χ1n) is 2.26. The van der Waals surface area contributed by atoms with Gasteiger partial charge in [0.05, 0.1) is 0 Å². The Morgan fingerprint density at radius 2 is 2.33 bits per heavy atom. The van der Waals surface area contributed by atoms with Crippen molar-refractivity contribution in [3.63, 3.8) is 0 Å². The van der Waals surface area contributed by atoms with Gasteiger partial charge in [0.25, 0.3) is 0 Å². The number of rotatable bonds is 2. The molecule has 0 aromatic rings. The zero-order chi connectivity index (χ0) is 7.28. The molecule has 0 unspecified atom stereocenters. The van der Waals surface area contributed by atoms with Crippen LogP contribution in [0.5, 0.6) is 0 Å². The van der Waals surface area contributed by atoms with Crippen molar-refractivity contribution >= 4 is 10.4 Å². The van der Waals surface area contributed by atoms with E-state index in [0.717, 1.165) is 0 Å². The first-order valence-corrected chi connectivity index (χ1v) is 2.78. The monoisotopic (exact) mass is 170 g/mol. The van der Waals surface area contributed by atoms with Gasteiger partial charge in [0.1, 0.15) is 0 Å². The molecule has 0 saturated heterocycles. The van der Waals surface area contributed by atoms with E-state index in [1.165, 1.54) is 19.3 Å². The molecule has 0 aromatic heterocycles. The van der Waals surface area contributed by atoms with E-state index in [9.17, 15) is 4.79 Å². The summed E-state index contributed by atoms with van der Waals surface area (Å²) in [7, 11) is 1.30. The third kappa shape index (κ3) is 3.10. The van der Waals surface area contributed by atoms with E-state index < -0.39 is 5.97 Å². The molecule has 0 bridgehead atoms. The minimum atomic E-state index is -0.449. The molecule has 0 spiro atoms. The van der Waals surface area contributed by atoms with Crippen LogP contribution in [-0.4, -0.2) is 17.5 Å². The van der Waals surface area contributed by atoms with Gasteiger partial charge in [0.2, 0.25) is 0 Å². The number of esters is 1. The number of carbonyl (C=O) groups is 1. The van der Waals surface area contributed by atoms with Crippen LogP contribution >= 0.6 is 0 Å². The van der Waals surface area contributed by atoms with Gasteiger partial charge in [0, 0.05) is 0 Å². The molecule has 2 nitrogen and oxygen atoms in total. The molecule has 0 N–H and O–H groups in total. The Labute approximate surface area is 62.0 Å². The van der Waals surface area contributed by atoms with Gasteiger partial charge in [-0.2, -0.15) is 0 Å². The molecule has 0 aromatic carbocycles. The van der Waals surface area contributed by atoms with Crippen molar-refractivity contribution in [1.29, 1.82) is 0 Å². The van der Waals surface area contributed by atoms with E-state index in [4.69, 9.17) is 0 Å². The molecular weight excluding hydrogens is 163 g/mol. The molecule has 0 saturated carbocycles. The van der Waals surface area contributed by atoms with Gasteiger partial charge in [-0.05, 0) is 0 Å². The van der Waals surface area contributed by atoms with Crippen LogP contribution in [0.15, 0.2) is 12.2 Å². The molecule has 0 aliphatic rings. The van der Waals surface area contributed by atoms with Crippen LogP contribution in [0, 0.1) is 6.92 Å². The van der Waals surface area contributed by atoms with Crippen LogP contribution in [0.4, 0.5) is 0 Å². The molecule has 9 heavy (non-hydrogen) atoms. The fraction of sp³-hybridized carbons (Fsp3) is 0.167. The average molecular weight is 170 g/mol. The first kappa shape index (κ1) is 8.46. The summed E-state index contributed by atoms with van der Waals surface area (Å²) < 4.78 is 4.58. The van der Waals surface area contributed by atoms with Crippen LogP contribution in [-0.2, 0) is 24.8 Å². The van der Waals surface area contributed by atoms with Crippen molar-refractivity contribution in [2.24, 2.45) is 0 Å². The topological polar surface area (TPSA) is 26.3 Å². The zero-order valence-electron chi connectivity index (χ0n) is 5.01. The molecule has 0 aliphatic carbocycles. The predicted octanol–water partition coefficient (Wildman–Crippen LogP) is 0.269. The van der Waals surface area contributed by atoms with Crippen molar-refractivity contribution in [3.05, 3.63) is 19.1 Å². The van der Waals surface area contributed by atoms with Crippen molar-refractivity contribution in [2.75, 3.05) is 7.11 Å². The Morgan fingerprint density at radius 1 is 1.78 bits per heavy atom. The average Bonchev–Trinajstić information content (AvgIpc) is 1.87. The second-order valence-electron chi connectivity index (χ2n) is 1.22. The molecule has 0 fully saturated rings. The molecule has 0 radical (unpaired) electrons. The van der Waals surface area contributed by atoms with E-state index in [-0.39, 0.29) is 4.45 Å². The van der Waals surface area contributed by atoms with Crippen LogP contribution in [0.2, 0.25) is 0 Å². The number of methoxy groups -OCH3 is 1. The molecule has 0 rings (SSSR count). The van der Waals surface area contributed by atoms with Crippen LogP contribution < -0.4 is 0 Å². The van der Waals surface area contributed by atoms with Gasteiger partial charge in [-0.15, -0.1) is 0 Å². The van der Waals surface area contributed by atoms with E-state index >= 15 is 0 Å². The summed E-state index contributed by atoms with van der Waals surface area (Å²) in [5, 5.41) is 0. The van der Waals surface area contributed by atoms with Gasteiger partial charge in [-0.25, -0.2) is 0 Å². The Bertz CT molecular complexity index is 149. The minimum absolute atomic E-state index is 0.250. The maximum absolute atomic E-state index is 10.5. The molecule has 0 amide bonds. The van der Waals surface area contributed by atoms with Crippen molar-refractivity contribution in [3.8, 4) is 0 Å². The van der Waals surface area contributed by atoms with Gasteiger partial charge in [-0.1, -0.05) is 0 Å². The Morgan fingerprint density at radius 3 is 2.67 bits per heavy atom. The molecule has 53 valence electrons. The van der Waals surface area contributed by atoms with Crippen molar-refractivity contribution in [2.45, 2.75) is 0 Å². The Balaban J connectivity index is 3.89. The summed E-state index contributed by atoms with van der Waals surface area (Å²) in [6.45, 7) is 3.38. The standard InChI is InChI=1S/C6H7O2.Co/c1-3-4-5-6(7)8-2;/h3-4H,1H2,2H3;/q-1;. The predicted molar refractivity (Wildman–Crippen MR) is 31.5 cm³/mol. The second-order valence-corrected chi connectivity index (χ2v) is 1.78. The van der Waals surface area contributed by atoms with Crippen molar-refractivity contribution in [1.82, 2.24) is 0 Å². The molecule has 0 atom stereocenters. The summed E-state index contributed by atoms with van der Waals surface area (Å²) in [6, 6.07) is 0. The second kappa shape index (κ2) is 4.35. The number of allylic oxidation sites excluding steroid dienone is 1. The van der Waals surface area contributed by atoms with Crippen LogP contribution in [0.25, 0.3) is 0 Å². The number of hydrogen-bond acceptors (Lipinski definition) is 2.